The van der Waals surface area contributed by atoms with Crippen LogP contribution >= 0.6 is 0 Å². The number of hydrogen-bond acceptors (Lipinski definition) is 3. The second-order valence-electron chi connectivity index (χ2n) is 5.79. The van der Waals surface area contributed by atoms with Crippen molar-refractivity contribution in [3.63, 3.8) is 0 Å². The molecule has 1 fully saturated rings. The van der Waals surface area contributed by atoms with Crippen LogP contribution in [-0.2, 0) is 16.8 Å². The fraction of sp³-hybridized carbons (Fsp3) is 0.294. The van der Waals surface area contributed by atoms with Crippen molar-refractivity contribution in [2.45, 2.75) is 31.2 Å². The summed E-state index contributed by atoms with van der Waals surface area (Å²) >= 11 is 0. The Morgan fingerprint density at radius 1 is 1.17 bits per heavy atom. The van der Waals surface area contributed by atoms with Crippen LogP contribution in [0.1, 0.15) is 41.1 Å². The molecule has 3 rings (SSSR count). The summed E-state index contributed by atoms with van der Waals surface area (Å²) in [7, 11) is 0. The summed E-state index contributed by atoms with van der Waals surface area (Å²) in [6.07, 6.45) is 1.41. The molecule has 1 heterocycles. The molecule has 1 saturated carbocycles. The molecule has 1 aliphatic carbocycles. The van der Waals surface area contributed by atoms with Crippen LogP contribution in [0.5, 0.6) is 0 Å². The molecule has 2 aromatic rings. The zero-order valence-corrected chi connectivity index (χ0v) is 12.6. The Bertz CT molecular complexity index is 775. The van der Waals surface area contributed by atoms with Crippen molar-refractivity contribution in [2.24, 2.45) is 0 Å². The summed E-state index contributed by atoms with van der Waals surface area (Å²) in [5.41, 5.74) is -1.43. The largest absolute Gasteiger partial charge is 0.475 e. The minimum absolute atomic E-state index is 0.0517. The molecule has 0 saturated heterocycles. The van der Waals surface area contributed by atoms with E-state index in [2.05, 4.69) is 5.32 Å². The fourth-order valence-corrected chi connectivity index (χ4v) is 3.00. The monoisotopic (exact) mass is 335 g/mol. The van der Waals surface area contributed by atoms with Crippen LogP contribution in [0.4, 0.5) is 8.78 Å². The van der Waals surface area contributed by atoms with Crippen molar-refractivity contribution in [3.8, 4) is 0 Å². The number of furan rings is 1. The predicted molar refractivity (Wildman–Crippen MR) is 79.4 cm³/mol. The number of carboxylic acid groups (broad SMARTS) is 1. The second-order valence-corrected chi connectivity index (χ2v) is 5.79. The number of amides is 1. The van der Waals surface area contributed by atoms with Crippen LogP contribution in [0.2, 0.25) is 0 Å². The molecular weight excluding hydrogens is 320 g/mol. The van der Waals surface area contributed by atoms with Gasteiger partial charge in [-0.25, -0.2) is 13.6 Å². The minimum atomic E-state index is -1.22. The minimum Gasteiger partial charge on any atom is -0.475 e. The van der Waals surface area contributed by atoms with Crippen molar-refractivity contribution in [1.29, 1.82) is 0 Å². The molecule has 0 unspecified atom stereocenters. The lowest BCUT2D eigenvalue weighted by Gasteiger charge is -2.40. The van der Waals surface area contributed by atoms with Gasteiger partial charge in [0, 0.05) is 5.56 Å². The van der Waals surface area contributed by atoms with Crippen molar-refractivity contribution in [2.75, 3.05) is 0 Å². The normalized spacial score (nSPS) is 15.6. The van der Waals surface area contributed by atoms with E-state index in [4.69, 9.17) is 9.52 Å². The lowest BCUT2D eigenvalue weighted by Crippen LogP contribution is -2.50. The van der Waals surface area contributed by atoms with Crippen LogP contribution in [-0.4, -0.2) is 17.0 Å². The quantitative estimate of drug-likeness (QED) is 0.880. The molecule has 5 nitrogen and oxygen atoms in total. The maximum Gasteiger partial charge on any atom is 0.371 e. The second kappa shape index (κ2) is 6.07. The Balaban J connectivity index is 1.78. The molecule has 0 radical (unpaired) electrons. The van der Waals surface area contributed by atoms with Gasteiger partial charge in [0.25, 0.3) is 0 Å². The maximum absolute atomic E-state index is 14.1. The standard InChI is InChI=1S/C17H15F2NO4/c18-11-3-1-4-12(19)14(11)17(7-2-8-17)16(23)20-9-10-5-6-13(24-10)15(21)22/h1,3-6H,2,7-9H2,(H,20,23)(H,21,22). The fourth-order valence-electron chi connectivity index (χ4n) is 3.00. The maximum atomic E-state index is 14.1. The first-order valence-electron chi connectivity index (χ1n) is 7.49. The Morgan fingerprint density at radius 2 is 1.83 bits per heavy atom. The molecule has 0 aliphatic heterocycles. The van der Waals surface area contributed by atoms with Crippen LogP contribution < -0.4 is 5.32 Å². The van der Waals surface area contributed by atoms with E-state index in [1.807, 2.05) is 0 Å². The lowest BCUT2D eigenvalue weighted by molar-refractivity contribution is -0.130. The first-order chi connectivity index (χ1) is 11.4. The Kier molecular flexibility index (Phi) is 4.09. The first-order valence-corrected chi connectivity index (χ1v) is 7.49. The molecule has 0 bridgehead atoms. The van der Waals surface area contributed by atoms with E-state index in [1.54, 1.807) is 0 Å². The van der Waals surface area contributed by atoms with Gasteiger partial charge in [-0.15, -0.1) is 0 Å². The number of rotatable bonds is 5. The third-order valence-electron chi connectivity index (χ3n) is 4.38. The number of hydrogen-bond donors (Lipinski definition) is 2. The molecule has 126 valence electrons. The molecular formula is C17H15F2NO4. The van der Waals surface area contributed by atoms with E-state index in [-0.39, 0.29) is 23.6 Å². The van der Waals surface area contributed by atoms with Crippen molar-refractivity contribution in [3.05, 3.63) is 59.1 Å². The molecule has 1 aliphatic rings. The molecule has 0 spiro atoms. The molecule has 1 aromatic carbocycles. The number of halogens is 2. The third-order valence-corrected chi connectivity index (χ3v) is 4.38. The highest BCUT2D eigenvalue weighted by atomic mass is 19.1. The van der Waals surface area contributed by atoms with E-state index in [0.29, 0.717) is 19.3 Å². The first kappa shape index (κ1) is 16.2. The van der Waals surface area contributed by atoms with Gasteiger partial charge in [0.15, 0.2) is 0 Å². The van der Waals surface area contributed by atoms with E-state index >= 15 is 0 Å². The van der Waals surface area contributed by atoms with Gasteiger partial charge in [0.2, 0.25) is 11.7 Å². The van der Waals surface area contributed by atoms with Crippen LogP contribution in [0.25, 0.3) is 0 Å². The smallest absolute Gasteiger partial charge is 0.371 e. The van der Waals surface area contributed by atoms with Gasteiger partial charge in [-0.05, 0) is 37.1 Å². The highest BCUT2D eigenvalue weighted by Crippen LogP contribution is 2.46. The van der Waals surface area contributed by atoms with Gasteiger partial charge in [-0.3, -0.25) is 4.79 Å². The van der Waals surface area contributed by atoms with Crippen LogP contribution in [0, 0.1) is 11.6 Å². The summed E-state index contributed by atoms with van der Waals surface area (Å²) < 4.78 is 33.2. The van der Waals surface area contributed by atoms with Gasteiger partial charge >= 0.3 is 5.97 Å². The summed E-state index contributed by atoms with van der Waals surface area (Å²) in [5, 5.41) is 11.4. The Hall–Kier alpha value is -2.70. The number of carbonyl (C=O) groups is 2. The number of carbonyl (C=O) groups excluding carboxylic acids is 1. The van der Waals surface area contributed by atoms with Gasteiger partial charge < -0.3 is 14.8 Å². The molecule has 1 amide bonds. The summed E-state index contributed by atoms with van der Waals surface area (Å²) in [5.74, 6) is -3.17. The van der Waals surface area contributed by atoms with E-state index in [1.165, 1.54) is 18.2 Å². The Morgan fingerprint density at radius 3 is 2.33 bits per heavy atom. The number of nitrogens with one attached hydrogen (secondary N) is 1. The van der Waals surface area contributed by atoms with Gasteiger partial charge in [-0.1, -0.05) is 12.5 Å². The van der Waals surface area contributed by atoms with Crippen LogP contribution in [0.3, 0.4) is 0 Å². The number of aromatic carboxylic acids is 1. The zero-order chi connectivity index (χ0) is 17.3. The highest BCUT2D eigenvalue weighted by Gasteiger charge is 2.48. The Labute approximate surface area is 136 Å². The average molecular weight is 335 g/mol. The van der Waals surface area contributed by atoms with E-state index < -0.39 is 28.9 Å². The number of benzene rings is 1. The SMILES string of the molecule is O=C(O)c1ccc(CNC(=O)C2(c3c(F)cccc3F)CCC2)o1. The summed E-state index contributed by atoms with van der Waals surface area (Å²) in [6.45, 7) is -0.0517. The van der Waals surface area contributed by atoms with E-state index in [0.717, 1.165) is 12.1 Å². The van der Waals surface area contributed by atoms with Crippen molar-refractivity contribution in [1.82, 2.24) is 5.32 Å². The van der Waals surface area contributed by atoms with Gasteiger partial charge in [0.05, 0.1) is 12.0 Å². The van der Waals surface area contributed by atoms with Crippen LogP contribution in [0.15, 0.2) is 34.7 Å². The van der Waals surface area contributed by atoms with Gasteiger partial charge in [0.1, 0.15) is 17.4 Å². The van der Waals surface area contributed by atoms with Crippen molar-refractivity contribution >= 4 is 11.9 Å². The molecule has 7 heteroatoms. The zero-order valence-electron chi connectivity index (χ0n) is 12.6. The van der Waals surface area contributed by atoms with Gasteiger partial charge in [-0.2, -0.15) is 0 Å². The summed E-state index contributed by atoms with van der Waals surface area (Å²) in [6, 6.07) is 6.24. The number of carboxylic acids is 1. The van der Waals surface area contributed by atoms with E-state index in [9.17, 15) is 18.4 Å². The average Bonchev–Trinajstić information content (AvgIpc) is 2.96. The molecule has 1 aromatic heterocycles. The molecule has 24 heavy (non-hydrogen) atoms. The third kappa shape index (κ3) is 2.66. The topological polar surface area (TPSA) is 79.5 Å². The molecule has 0 atom stereocenters. The predicted octanol–water partition coefficient (Wildman–Crippen LogP) is 2.99. The lowest BCUT2D eigenvalue weighted by atomic mass is 9.63. The van der Waals surface area contributed by atoms with Crippen molar-refractivity contribution < 1.29 is 27.9 Å². The molecule has 2 N–H and O–H groups in total. The summed E-state index contributed by atoms with van der Waals surface area (Å²) in [4.78, 5) is 23.3. The highest BCUT2D eigenvalue weighted by molar-refractivity contribution is 5.89.